The average Bonchev–Trinajstić information content (AvgIpc) is 3.25. The number of thiophene rings is 1. The van der Waals surface area contributed by atoms with Crippen molar-refractivity contribution in [3.05, 3.63) is 22.4 Å². The highest BCUT2D eigenvalue weighted by molar-refractivity contribution is 7.10. The van der Waals surface area contributed by atoms with E-state index in [0.29, 0.717) is 12.6 Å². The van der Waals surface area contributed by atoms with Crippen LogP contribution in [0.1, 0.15) is 50.8 Å². The number of nitrogens with one attached hydrogen (secondary N) is 2. The van der Waals surface area contributed by atoms with Crippen molar-refractivity contribution in [2.75, 3.05) is 26.2 Å². The van der Waals surface area contributed by atoms with Crippen LogP contribution in [0.4, 0.5) is 0 Å². The molecule has 0 spiro atoms. The Balaban J connectivity index is 1.71. The van der Waals surface area contributed by atoms with Gasteiger partial charge in [0.1, 0.15) is 5.60 Å². The van der Waals surface area contributed by atoms with Crippen molar-refractivity contribution in [1.29, 1.82) is 0 Å². The zero-order valence-electron chi connectivity index (χ0n) is 14.9. The zero-order chi connectivity index (χ0) is 17.3. The number of guanidine groups is 1. The lowest BCUT2D eigenvalue weighted by atomic mass is 10.1. The van der Waals surface area contributed by atoms with Gasteiger partial charge < -0.3 is 20.5 Å². The van der Waals surface area contributed by atoms with E-state index in [9.17, 15) is 5.11 Å². The van der Waals surface area contributed by atoms with Crippen molar-refractivity contribution in [3.8, 4) is 0 Å². The number of ether oxygens (including phenoxy) is 1. The van der Waals surface area contributed by atoms with E-state index in [1.165, 1.54) is 25.7 Å². The number of aliphatic hydroxyl groups is 1. The topological polar surface area (TPSA) is 65.9 Å². The standard InChI is InChI=1S/C18H31N3O2S/c1-3-19-17(20-11-7-12-23-15-8-4-5-9-15)21-14-18(2,22)16-10-6-13-24-16/h6,10,13,15,22H,3-5,7-9,11-12,14H2,1-2H3,(H2,19,20,21). The summed E-state index contributed by atoms with van der Waals surface area (Å²) in [7, 11) is 0. The van der Waals surface area contributed by atoms with Crippen LogP contribution in [0.2, 0.25) is 0 Å². The Morgan fingerprint density at radius 3 is 2.88 bits per heavy atom. The summed E-state index contributed by atoms with van der Waals surface area (Å²) in [6.07, 6.45) is 6.49. The van der Waals surface area contributed by atoms with Crippen LogP contribution in [0.5, 0.6) is 0 Å². The third-order valence-electron chi connectivity index (χ3n) is 4.21. The van der Waals surface area contributed by atoms with Crippen molar-refractivity contribution < 1.29 is 9.84 Å². The third-order valence-corrected chi connectivity index (χ3v) is 5.33. The van der Waals surface area contributed by atoms with E-state index in [-0.39, 0.29) is 0 Å². The second-order valence-electron chi connectivity index (χ2n) is 6.50. The van der Waals surface area contributed by atoms with Crippen LogP contribution in [0.15, 0.2) is 22.5 Å². The highest BCUT2D eigenvalue weighted by Gasteiger charge is 2.24. The second-order valence-corrected chi connectivity index (χ2v) is 7.45. The van der Waals surface area contributed by atoms with Crippen LogP contribution in [-0.2, 0) is 10.3 Å². The fourth-order valence-corrected chi connectivity index (χ4v) is 3.60. The normalized spacial score (nSPS) is 18.5. The molecular formula is C18H31N3O2S. The molecule has 1 atom stereocenters. The predicted molar refractivity (Wildman–Crippen MR) is 101 cm³/mol. The maximum Gasteiger partial charge on any atom is 0.191 e. The van der Waals surface area contributed by atoms with Gasteiger partial charge in [0.15, 0.2) is 5.96 Å². The van der Waals surface area contributed by atoms with Gasteiger partial charge in [-0.1, -0.05) is 18.9 Å². The summed E-state index contributed by atoms with van der Waals surface area (Å²) in [5.74, 6) is 0.746. The minimum atomic E-state index is -0.928. The molecule has 6 heteroatoms. The van der Waals surface area contributed by atoms with Gasteiger partial charge in [0, 0.05) is 24.6 Å². The molecule has 0 amide bonds. The Morgan fingerprint density at radius 2 is 2.21 bits per heavy atom. The maximum atomic E-state index is 10.6. The number of nitrogens with zero attached hydrogens (tertiary/aromatic N) is 1. The van der Waals surface area contributed by atoms with Crippen molar-refractivity contribution in [3.63, 3.8) is 0 Å². The first kappa shape index (κ1) is 19.2. The van der Waals surface area contributed by atoms with Crippen molar-refractivity contribution in [1.82, 2.24) is 10.6 Å². The van der Waals surface area contributed by atoms with Gasteiger partial charge in [-0.25, -0.2) is 4.99 Å². The first-order valence-electron chi connectivity index (χ1n) is 9.02. The van der Waals surface area contributed by atoms with Crippen LogP contribution in [-0.4, -0.2) is 43.4 Å². The summed E-state index contributed by atoms with van der Waals surface area (Å²) in [5, 5.41) is 19.1. The second kappa shape index (κ2) is 10.0. The van der Waals surface area contributed by atoms with Gasteiger partial charge in [0.25, 0.3) is 0 Å². The summed E-state index contributed by atoms with van der Waals surface area (Å²) in [5.41, 5.74) is -0.928. The maximum absolute atomic E-state index is 10.6. The van der Waals surface area contributed by atoms with Gasteiger partial charge in [0.2, 0.25) is 0 Å². The molecule has 1 unspecified atom stereocenters. The SMILES string of the molecule is CCNC(=NCC(C)(O)c1cccs1)NCCCOC1CCCC1. The lowest BCUT2D eigenvalue weighted by Crippen LogP contribution is -2.39. The zero-order valence-corrected chi connectivity index (χ0v) is 15.7. The van der Waals surface area contributed by atoms with Gasteiger partial charge >= 0.3 is 0 Å². The van der Waals surface area contributed by atoms with Crippen LogP contribution in [0, 0.1) is 0 Å². The fourth-order valence-electron chi connectivity index (χ4n) is 2.82. The van der Waals surface area contributed by atoms with Crippen molar-refractivity contribution in [2.24, 2.45) is 4.99 Å². The highest BCUT2D eigenvalue weighted by Crippen LogP contribution is 2.25. The Hall–Kier alpha value is -1.11. The van der Waals surface area contributed by atoms with E-state index in [2.05, 4.69) is 15.6 Å². The van der Waals surface area contributed by atoms with E-state index in [1.54, 1.807) is 18.3 Å². The molecule has 136 valence electrons. The lowest BCUT2D eigenvalue weighted by Gasteiger charge is -2.20. The van der Waals surface area contributed by atoms with E-state index in [4.69, 9.17) is 4.74 Å². The van der Waals surface area contributed by atoms with E-state index in [1.807, 2.05) is 24.4 Å². The smallest absolute Gasteiger partial charge is 0.191 e. The van der Waals surface area contributed by atoms with Crippen LogP contribution >= 0.6 is 11.3 Å². The molecule has 1 aromatic heterocycles. The summed E-state index contributed by atoms with van der Waals surface area (Å²) >= 11 is 1.55. The first-order valence-corrected chi connectivity index (χ1v) is 9.90. The van der Waals surface area contributed by atoms with Gasteiger partial charge in [0.05, 0.1) is 12.6 Å². The number of rotatable bonds is 9. The fraction of sp³-hybridized carbons (Fsp3) is 0.722. The molecule has 1 aliphatic rings. The Kier molecular flexibility index (Phi) is 8.02. The molecule has 0 aromatic carbocycles. The Bertz CT molecular complexity index is 482. The van der Waals surface area contributed by atoms with Crippen LogP contribution < -0.4 is 10.6 Å². The van der Waals surface area contributed by atoms with Crippen LogP contribution in [0.3, 0.4) is 0 Å². The van der Waals surface area contributed by atoms with Gasteiger partial charge in [-0.2, -0.15) is 0 Å². The van der Waals surface area contributed by atoms with Gasteiger partial charge in [-0.15, -0.1) is 11.3 Å². The third kappa shape index (κ3) is 6.42. The number of hydrogen-bond donors (Lipinski definition) is 3. The summed E-state index contributed by atoms with van der Waals surface area (Å²) < 4.78 is 5.87. The Morgan fingerprint density at radius 1 is 1.42 bits per heavy atom. The highest BCUT2D eigenvalue weighted by atomic mass is 32.1. The molecule has 0 radical (unpaired) electrons. The monoisotopic (exact) mass is 353 g/mol. The predicted octanol–water partition coefficient (Wildman–Crippen LogP) is 2.86. The number of aliphatic imine (C=N–C) groups is 1. The van der Waals surface area contributed by atoms with Gasteiger partial charge in [-0.05, 0) is 44.6 Å². The molecule has 5 nitrogen and oxygen atoms in total. The molecule has 1 saturated carbocycles. The van der Waals surface area contributed by atoms with Gasteiger partial charge in [-0.3, -0.25) is 0 Å². The molecule has 1 aliphatic carbocycles. The minimum absolute atomic E-state index is 0.335. The molecule has 0 aliphatic heterocycles. The number of hydrogen-bond acceptors (Lipinski definition) is 4. The van der Waals surface area contributed by atoms with E-state index < -0.39 is 5.60 Å². The van der Waals surface area contributed by atoms with Crippen molar-refractivity contribution >= 4 is 17.3 Å². The summed E-state index contributed by atoms with van der Waals surface area (Å²) in [6.45, 7) is 6.59. The van der Waals surface area contributed by atoms with E-state index in [0.717, 1.165) is 37.0 Å². The summed E-state index contributed by atoms with van der Waals surface area (Å²) in [4.78, 5) is 5.46. The molecule has 0 bridgehead atoms. The minimum Gasteiger partial charge on any atom is -0.383 e. The van der Waals surface area contributed by atoms with Crippen molar-refractivity contribution in [2.45, 2.75) is 57.7 Å². The summed E-state index contributed by atoms with van der Waals surface area (Å²) in [6, 6.07) is 3.90. The van der Waals surface area contributed by atoms with E-state index >= 15 is 0 Å². The molecule has 1 aromatic rings. The Labute approximate surface area is 149 Å². The molecule has 1 fully saturated rings. The average molecular weight is 354 g/mol. The quantitative estimate of drug-likeness (QED) is 0.363. The molecular weight excluding hydrogens is 322 g/mol. The molecule has 3 N–H and O–H groups in total. The largest absolute Gasteiger partial charge is 0.383 e. The molecule has 1 heterocycles. The molecule has 0 saturated heterocycles. The molecule has 24 heavy (non-hydrogen) atoms. The first-order chi connectivity index (χ1) is 11.6. The lowest BCUT2D eigenvalue weighted by molar-refractivity contribution is 0.0573. The molecule has 2 rings (SSSR count). The van der Waals surface area contributed by atoms with Crippen LogP contribution in [0.25, 0.3) is 0 Å².